The lowest BCUT2D eigenvalue weighted by molar-refractivity contribution is -0.0536. The molecule has 1 heterocycles. The van der Waals surface area contributed by atoms with Crippen LogP contribution in [0.1, 0.15) is 11.7 Å². The van der Waals surface area contributed by atoms with Crippen molar-refractivity contribution in [3.63, 3.8) is 0 Å². The van der Waals surface area contributed by atoms with Gasteiger partial charge in [0.2, 0.25) is 0 Å². The lowest BCUT2D eigenvalue weighted by Crippen LogP contribution is -2.41. The molecule has 0 radical (unpaired) electrons. The minimum Gasteiger partial charge on any atom is -0.386 e. The van der Waals surface area contributed by atoms with Gasteiger partial charge in [0.15, 0.2) is 0 Å². The number of ether oxygens (including phenoxy) is 1. The highest BCUT2D eigenvalue weighted by Gasteiger charge is 2.23. The predicted octanol–water partition coefficient (Wildman–Crippen LogP) is 0.708. The Morgan fingerprint density at radius 3 is 2.79 bits per heavy atom. The summed E-state index contributed by atoms with van der Waals surface area (Å²) in [6.45, 7) is 2.27. The monoisotopic (exact) mass is 193 g/mol. The van der Waals surface area contributed by atoms with Crippen molar-refractivity contribution in [2.75, 3.05) is 19.7 Å². The van der Waals surface area contributed by atoms with Crippen LogP contribution >= 0.6 is 0 Å². The summed E-state index contributed by atoms with van der Waals surface area (Å²) in [4.78, 5) is 0. The number of aliphatic hydroxyl groups is 1. The Bertz CT molecular complexity index is 270. The molecular formula is C11H15NO2. The minimum absolute atomic E-state index is 0.119. The molecule has 0 aliphatic carbocycles. The molecule has 3 nitrogen and oxygen atoms in total. The van der Waals surface area contributed by atoms with E-state index in [1.165, 1.54) is 0 Å². The van der Waals surface area contributed by atoms with Gasteiger partial charge in [0, 0.05) is 13.1 Å². The van der Waals surface area contributed by atoms with Crippen molar-refractivity contribution in [3.05, 3.63) is 35.9 Å². The Balaban J connectivity index is 2.03. The maximum absolute atomic E-state index is 9.98. The van der Waals surface area contributed by atoms with Gasteiger partial charge in [-0.05, 0) is 5.56 Å². The van der Waals surface area contributed by atoms with Crippen LogP contribution in [-0.4, -0.2) is 30.9 Å². The van der Waals surface area contributed by atoms with Crippen molar-refractivity contribution >= 4 is 0 Å². The number of benzene rings is 1. The van der Waals surface area contributed by atoms with E-state index in [1.54, 1.807) is 0 Å². The van der Waals surface area contributed by atoms with Gasteiger partial charge in [0.25, 0.3) is 0 Å². The summed E-state index contributed by atoms with van der Waals surface area (Å²) in [5.41, 5.74) is 0.918. The SMILES string of the molecule is OC(c1ccccc1)C1CNCCO1. The van der Waals surface area contributed by atoms with Gasteiger partial charge in [-0.3, -0.25) is 0 Å². The molecule has 1 aliphatic rings. The third-order valence-electron chi connectivity index (χ3n) is 2.45. The van der Waals surface area contributed by atoms with E-state index in [0.717, 1.165) is 18.7 Å². The Kier molecular flexibility index (Phi) is 3.14. The molecule has 0 saturated carbocycles. The molecule has 2 N–H and O–H groups in total. The second-order valence-electron chi connectivity index (χ2n) is 3.47. The molecule has 76 valence electrons. The molecule has 1 fully saturated rings. The average Bonchev–Trinajstić information content (AvgIpc) is 2.30. The summed E-state index contributed by atoms with van der Waals surface area (Å²) in [5, 5.41) is 13.2. The molecule has 3 heteroatoms. The minimum atomic E-state index is -0.524. The van der Waals surface area contributed by atoms with Gasteiger partial charge in [-0.15, -0.1) is 0 Å². The van der Waals surface area contributed by atoms with E-state index in [-0.39, 0.29) is 6.10 Å². The highest BCUT2D eigenvalue weighted by molar-refractivity contribution is 5.18. The molecular weight excluding hydrogens is 178 g/mol. The van der Waals surface area contributed by atoms with Crippen molar-refractivity contribution in [1.29, 1.82) is 0 Å². The summed E-state index contributed by atoms with van der Waals surface area (Å²) in [6, 6.07) is 9.63. The van der Waals surface area contributed by atoms with E-state index in [9.17, 15) is 5.11 Å². The van der Waals surface area contributed by atoms with Crippen molar-refractivity contribution in [1.82, 2.24) is 5.32 Å². The Labute approximate surface area is 83.7 Å². The fourth-order valence-electron chi connectivity index (χ4n) is 1.65. The molecule has 2 atom stereocenters. The van der Waals surface area contributed by atoms with Gasteiger partial charge in [0.1, 0.15) is 6.10 Å². The van der Waals surface area contributed by atoms with Gasteiger partial charge < -0.3 is 15.2 Å². The molecule has 1 aromatic rings. The summed E-state index contributed by atoms with van der Waals surface area (Å²) < 4.78 is 5.48. The van der Waals surface area contributed by atoms with Crippen LogP contribution in [0, 0.1) is 0 Å². The van der Waals surface area contributed by atoms with Crippen LogP contribution in [0.25, 0.3) is 0 Å². The van der Waals surface area contributed by atoms with Gasteiger partial charge in [-0.1, -0.05) is 30.3 Å². The summed E-state index contributed by atoms with van der Waals surface area (Å²) in [7, 11) is 0. The number of hydrogen-bond acceptors (Lipinski definition) is 3. The largest absolute Gasteiger partial charge is 0.386 e. The number of morpholine rings is 1. The van der Waals surface area contributed by atoms with E-state index in [1.807, 2.05) is 30.3 Å². The van der Waals surface area contributed by atoms with Crippen LogP contribution in [0.4, 0.5) is 0 Å². The van der Waals surface area contributed by atoms with Gasteiger partial charge in [0.05, 0.1) is 12.7 Å². The number of aliphatic hydroxyl groups excluding tert-OH is 1. The van der Waals surface area contributed by atoms with Gasteiger partial charge >= 0.3 is 0 Å². The maximum Gasteiger partial charge on any atom is 0.106 e. The average molecular weight is 193 g/mol. The predicted molar refractivity (Wildman–Crippen MR) is 54.0 cm³/mol. The highest BCUT2D eigenvalue weighted by Crippen LogP contribution is 2.19. The van der Waals surface area contributed by atoms with Crippen LogP contribution < -0.4 is 5.32 Å². The first-order valence-corrected chi connectivity index (χ1v) is 4.93. The van der Waals surface area contributed by atoms with Gasteiger partial charge in [-0.2, -0.15) is 0 Å². The van der Waals surface area contributed by atoms with Crippen molar-refractivity contribution < 1.29 is 9.84 Å². The van der Waals surface area contributed by atoms with Crippen molar-refractivity contribution in [3.8, 4) is 0 Å². The van der Waals surface area contributed by atoms with Crippen molar-refractivity contribution in [2.24, 2.45) is 0 Å². The molecule has 1 aromatic carbocycles. The third kappa shape index (κ3) is 2.12. The van der Waals surface area contributed by atoms with Crippen LogP contribution in [-0.2, 0) is 4.74 Å². The molecule has 14 heavy (non-hydrogen) atoms. The van der Waals surface area contributed by atoms with Crippen molar-refractivity contribution in [2.45, 2.75) is 12.2 Å². The molecule has 2 unspecified atom stereocenters. The fraction of sp³-hybridized carbons (Fsp3) is 0.455. The normalized spacial score (nSPS) is 24.5. The molecule has 0 bridgehead atoms. The van der Waals surface area contributed by atoms with E-state index in [2.05, 4.69) is 5.32 Å². The quantitative estimate of drug-likeness (QED) is 0.726. The third-order valence-corrected chi connectivity index (χ3v) is 2.45. The molecule has 0 aromatic heterocycles. The molecule has 1 saturated heterocycles. The standard InChI is InChI=1S/C11H15NO2/c13-11(9-4-2-1-3-5-9)10-8-12-6-7-14-10/h1-5,10-13H,6-8H2. The lowest BCUT2D eigenvalue weighted by atomic mass is 10.0. The zero-order chi connectivity index (χ0) is 9.80. The molecule has 0 amide bonds. The Hall–Kier alpha value is -0.900. The zero-order valence-electron chi connectivity index (χ0n) is 8.02. The lowest BCUT2D eigenvalue weighted by Gasteiger charge is -2.27. The summed E-state index contributed by atoms with van der Waals surface area (Å²) in [6.07, 6.45) is -0.643. The second-order valence-corrected chi connectivity index (χ2v) is 3.47. The first-order chi connectivity index (χ1) is 6.88. The van der Waals surface area contributed by atoms with E-state index in [4.69, 9.17) is 4.74 Å². The van der Waals surface area contributed by atoms with Crippen LogP contribution in [0.5, 0.6) is 0 Å². The molecule has 2 rings (SSSR count). The first-order valence-electron chi connectivity index (χ1n) is 4.93. The maximum atomic E-state index is 9.98. The topological polar surface area (TPSA) is 41.5 Å². The Morgan fingerprint density at radius 1 is 1.36 bits per heavy atom. The van der Waals surface area contributed by atoms with Gasteiger partial charge in [-0.25, -0.2) is 0 Å². The molecule has 1 aliphatic heterocycles. The van der Waals surface area contributed by atoms with Crippen LogP contribution in [0.2, 0.25) is 0 Å². The second kappa shape index (κ2) is 4.55. The summed E-state index contributed by atoms with van der Waals surface area (Å²) in [5.74, 6) is 0. The van der Waals surface area contributed by atoms with E-state index < -0.39 is 6.10 Å². The first kappa shape index (κ1) is 9.65. The molecule has 0 spiro atoms. The summed E-state index contributed by atoms with van der Waals surface area (Å²) >= 11 is 0. The van der Waals surface area contributed by atoms with E-state index in [0.29, 0.717) is 6.61 Å². The fourth-order valence-corrected chi connectivity index (χ4v) is 1.65. The smallest absolute Gasteiger partial charge is 0.106 e. The Morgan fingerprint density at radius 2 is 2.14 bits per heavy atom. The zero-order valence-corrected chi connectivity index (χ0v) is 8.02. The number of hydrogen-bond donors (Lipinski definition) is 2. The van der Waals surface area contributed by atoms with Crippen LogP contribution in [0.3, 0.4) is 0 Å². The highest BCUT2D eigenvalue weighted by atomic mass is 16.5. The van der Waals surface area contributed by atoms with E-state index >= 15 is 0 Å². The van der Waals surface area contributed by atoms with Crippen LogP contribution in [0.15, 0.2) is 30.3 Å². The number of rotatable bonds is 2. The number of nitrogens with one attached hydrogen (secondary N) is 1.